The van der Waals surface area contributed by atoms with Crippen molar-refractivity contribution < 1.29 is 0 Å². The van der Waals surface area contributed by atoms with Crippen LogP contribution in [0.2, 0.25) is 0 Å². The standard InChI is InChI=1S/C10H17N3S/c1-7-4-3-5-13(7)10-12-9(6-14-10)8(2)11/h6-8H,3-5,11H2,1-2H3. The first-order chi connectivity index (χ1) is 6.68. The first-order valence-electron chi connectivity index (χ1n) is 5.16. The minimum Gasteiger partial charge on any atom is -0.345 e. The Morgan fingerprint density at radius 2 is 2.50 bits per heavy atom. The third kappa shape index (κ3) is 1.77. The molecule has 78 valence electrons. The van der Waals surface area contributed by atoms with Crippen molar-refractivity contribution in [2.75, 3.05) is 11.4 Å². The van der Waals surface area contributed by atoms with E-state index in [1.807, 2.05) is 6.92 Å². The Bertz CT molecular complexity index is 308. The van der Waals surface area contributed by atoms with E-state index in [-0.39, 0.29) is 6.04 Å². The van der Waals surface area contributed by atoms with Crippen LogP contribution in [0.15, 0.2) is 5.38 Å². The number of nitrogens with zero attached hydrogens (tertiary/aromatic N) is 2. The second kappa shape index (κ2) is 3.87. The lowest BCUT2D eigenvalue weighted by Gasteiger charge is -2.19. The Kier molecular flexibility index (Phi) is 2.74. The number of hydrogen-bond donors (Lipinski definition) is 1. The molecule has 2 atom stereocenters. The molecule has 0 amide bonds. The lowest BCUT2D eigenvalue weighted by molar-refractivity contribution is 0.726. The molecule has 1 aromatic heterocycles. The molecule has 0 saturated carbocycles. The number of rotatable bonds is 2. The average Bonchev–Trinajstić information content (AvgIpc) is 2.71. The quantitative estimate of drug-likeness (QED) is 0.815. The largest absolute Gasteiger partial charge is 0.345 e. The summed E-state index contributed by atoms with van der Waals surface area (Å²) in [5, 5.41) is 3.22. The summed E-state index contributed by atoms with van der Waals surface area (Å²) < 4.78 is 0. The van der Waals surface area contributed by atoms with Crippen molar-refractivity contribution in [1.82, 2.24) is 4.98 Å². The topological polar surface area (TPSA) is 42.1 Å². The zero-order chi connectivity index (χ0) is 10.1. The molecule has 2 N–H and O–H groups in total. The SMILES string of the molecule is CC(N)c1csc(N2CCCC2C)n1. The van der Waals surface area contributed by atoms with E-state index in [0.717, 1.165) is 17.4 Å². The first-order valence-corrected chi connectivity index (χ1v) is 6.04. The van der Waals surface area contributed by atoms with E-state index in [1.54, 1.807) is 11.3 Å². The van der Waals surface area contributed by atoms with E-state index in [4.69, 9.17) is 5.73 Å². The Morgan fingerprint density at radius 3 is 3.00 bits per heavy atom. The fourth-order valence-electron chi connectivity index (χ4n) is 1.83. The van der Waals surface area contributed by atoms with Gasteiger partial charge < -0.3 is 10.6 Å². The average molecular weight is 211 g/mol. The van der Waals surface area contributed by atoms with Crippen LogP contribution in [0, 0.1) is 0 Å². The van der Waals surface area contributed by atoms with Crippen LogP contribution in [0.1, 0.15) is 38.4 Å². The summed E-state index contributed by atoms with van der Waals surface area (Å²) in [5.41, 5.74) is 6.80. The minimum atomic E-state index is 0.0536. The van der Waals surface area contributed by atoms with Crippen molar-refractivity contribution in [3.63, 3.8) is 0 Å². The second-order valence-corrected chi connectivity index (χ2v) is 4.86. The monoisotopic (exact) mass is 211 g/mol. The number of nitrogens with two attached hydrogens (primary N) is 1. The van der Waals surface area contributed by atoms with E-state index in [1.165, 1.54) is 12.8 Å². The van der Waals surface area contributed by atoms with E-state index < -0.39 is 0 Å². The lowest BCUT2D eigenvalue weighted by atomic mass is 10.2. The van der Waals surface area contributed by atoms with Gasteiger partial charge in [0.15, 0.2) is 5.13 Å². The van der Waals surface area contributed by atoms with Crippen LogP contribution in [-0.2, 0) is 0 Å². The molecule has 2 unspecified atom stereocenters. The molecular weight excluding hydrogens is 194 g/mol. The summed E-state index contributed by atoms with van der Waals surface area (Å²) in [5.74, 6) is 0. The lowest BCUT2D eigenvalue weighted by Crippen LogP contribution is -2.26. The van der Waals surface area contributed by atoms with E-state index in [2.05, 4.69) is 22.2 Å². The summed E-state index contributed by atoms with van der Waals surface area (Å²) in [4.78, 5) is 6.95. The van der Waals surface area contributed by atoms with Gasteiger partial charge in [0.25, 0.3) is 0 Å². The van der Waals surface area contributed by atoms with Crippen LogP contribution >= 0.6 is 11.3 Å². The molecule has 14 heavy (non-hydrogen) atoms. The van der Waals surface area contributed by atoms with Crippen molar-refractivity contribution in [3.05, 3.63) is 11.1 Å². The predicted molar refractivity (Wildman–Crippen MR) is 60.8 cm³/mol. The third-order valence-corrected chi connectivity index (χ3v) is 3.67. The third-order valence-electron chi connectivity index (χ3n) is 2.78. The normalized spacial score (nSPS) is 24.2. The van der Waals surface area contributed by atoms with Crippen LogP contribution in [0.4, 0.5) is 5.13 Å². The van der Waals surface area contributed by atoms with Crippen molar-refractivity contribution in [2.24, 2.45) is 5.73 Å². The minimum absolute atomic E-state index is 0.0536. The Labute approximate surface area is 88.9 Å². The Morgan fingerprint density at radius 1 is 1.71 bits per heavy atom. The number of hydrogen-bond acceptors (Lipinski definition) is 4. The molecule has 0 aromatic carbocycles. The molecule has 0 aliphatic carbocycles. The van der Waals surface area contributed by atoms with Gasteiger partial charge in [0.05, 0.1) is 5.69 Å². The molecule has 0 radical (unpaired) electrons. The van der Waals surface area contributed by atoms with E-state index in [9.17, 15) is 0 Å². The Balaban J connectivity index is 2.16. The van der Waals surface area contributed by atoms with E-state index >= 15 is 0 Å². The summed E-state index contributed by atoms with van der Waals surface area (Å²) in [6.07, 6.45) is 2.57. The number of anilines is 1. The summed E-state index contributed by atoms with van der Waals surface area (Å²) in [6.45, 7) is 5.39. The van der Waals surface area contributed by atoms with Crippen LogP contribution in [-0.4, -0.2) is 17.6 Å². The Hall–Kier alpha value is -0.610. The first kappa shape index (κ1) is 9.93. The maximum Gasteiger partial charge on any atom is 0.185 e. The van der Waals surface area contributed by atoms with Gasteiger partial charge in [-0.1, -0.05) is 0 Å². The van der Waals surface area contributed by atoms with Gasteiger partial charge in [-0.15, -0.1) is 11.3 Å². The maximum absolute atomic E-state index is 5.79. The van der Waals surface area contributed by atoms with Gasteiger partial charge in [-0.3, -0.25) is 0 Å². The van der Waals surface area contributed by atoms with Crippen molar-refractivity contribution in [2.45, 2.75) is 38.8 Å². The molecule has 2 heterocycles. The molecule has 0 spiro atoms. The van der Waals surface area contributed by atoms with Gasteiger partial charge in [0.2, 0.25) is 0 Å². The molecule has 1 aliphatic rings. The molecule has 3 nitrogen and oxygen atoms in total. The molecule has 1 aliphatic heterocycles. The molecular formula is C10H17N3S. The summed E-state index contributed by atoms with van der Waals surface area (Å²) >= 11 is 1.71. The van der Waals surface area contributed by atoms with Crippen LogP contribution < -0.4 is 10.6 Å². The molecule has 1 aromatic rings. The highest BCUT2D eigenvalue weighted by molar-refractivity contribution is 7.13. The molecule has 0 bridgehead atoms. The van der Waals surface area contributed by atoms with Gasteiger partial charge >= 0.3 is 0 Å². The van der Waals surface area contributed by atoms with Crippen LogP contribution in [0.3, 0.4) is 0 Å². The van der Waals surface area contributed by atoms with Gasteiger partial charge in [-0.05, 0) is 26.7 Å². The number of thiazole rings is 1. The van der Waals surface area contributed by atoms with E-state index in [0.29, 0.717) is 6.04 Å². The highest BCUT2D eigenvalue weighted by Gasteiger charge is 2.23. The van der Waals surface area contributed by atoms with Crippen LogP contribution in [0.5, 0.6) is 0 Å². The maximum atomic E-state index is 5.79. The summed E-state index contributed by atoms with van der Waals surface area (Å²) in [7, 11) is 0. The summed E-state index contributed by atoms with van der Waals surface area (Å²) in [6, 6.07) is 0.694. The van der Waals surface area contributed by atoms with Gasteiger partial charge in [0.1, 0.15) is 0 Å². The molecule has 4 heteroatoms. The molecule has 1 saturated heterocycles. The zero-order valence-electron chi connectivity index (χ0n) is 8.73. The van der Waals surface area contributed by atoms with Gasteiger partial charge in [0, 0.05) is 24.0 Å². The fourth-order valence-corrected chi connectivity index (χ4v) is 2.89. The molecule has 1 fully saturated rings. The highest BCUT2D eigenvalue weighted by atomic mass is 32.1. The van der Waals surface area contributed by atoms with Gasteiger partial charge in [-0.25, -0.2) is 4.98 Å². The van der Waals surface area contributed by atoms with Crippen LogP contribution in [0.25, 0.3) is 0 Å². The highest BCUT2D eigenvalue weighted by Crippen LogP contribution is 2.29. The predicted octanol–water partition coefficient (Wildman–Crippen LogP) is 2.15. The van der Waals surface area contributed by atoms with Crippen molar-refractivity contribution in [3.8, 4) is 0 Å². The smallest absolute Gasteiger partial charge is 0.185 e. The van der Waals surface area contributed by atoms with Crippen molar-refractivity contribution in [1.29, 1.82) is 0 Å². The second-order valence-electron chi connectivity index (χ2n) is 4.03. The zero-order valence-corrected chi connectivity index (χ0v) is 9.55. The van der Waals surface area contributed by atoms with Gasteiger partial charge in [-0.2, -0.15) is 0 Å². The number of aromatic nitrogens is 1. The van der Waals surface area contributed by atoms with Crippen molar-refractivity contribution >= 4 is 16.5 Å². The molecule has 2 rings (SSSR count). The fraction of sp³-hybridized carbons (Fsp3) is 0.700.